The Balaban J connectivity index is 0.00000300. The molecule has 0 fully saturated rings. The van der Waals surface area contributed by atoms with E-state index >= 15 is 0 Å². The summed E-state index contributed by atoms with van der Waals surface area (Å²) >= 11 is 0. The lowest BCUT2D eigenvalue weighted by Gasteiger charge is -2.32. The Morgan fingerprint density at radius 1 is 1.17 bits per heavy atom. The Hall–Kier alpha value is -2.49. The lowest BCUT2D eigenvalue weighted by molar-refractivity contribution is 0.1000. The topological polar surface area (TPSA) is 89.2 Å². The number of methoxy groups -OCH3 is 2. The molecule has 3 N–H and O–H groups in total. The van der Waals surface area contributed by atoms with Gasteiger partial charge >= 0.3 is 0 Å². The molecular formula is C21H27IN4O3. The standard InChI is InChI=1S/C21H26N4O3.HI/c1-23-21(24-12-14-5-4-6-16(9-14)20(22)26)25-8-7-15-10-18(27-2)19(28-3)11-17(15)13-25;/h4-6,9-11H,7-8,12-13H2,1-3H3,(H2,22,26)(H,23,24);1H. The highest BCUT2D eigenvalue weighted by molar-refractivity contribution is 14.0. The van der Waals surface area contributed by atoms with Crippen LogP contribution in [0.4, 0.5) is 0 Å². The first-order chi connectivity index (χ1) is 13.5. The first kappa shape index (κ1) is 22.8. The van der Waals surface area contributed by atoms with Crippen molar-refractivity contribution < 1.29 is 14.3 Å². The summed E-state index contributed by atoms with van der Waals surface area (Å²) in [6, 6.07) is 11.4. The number of hydrogen-bond acceptors (Lipinski definition) is 4. The number of carbonyl (C=O) groups excluding carboxylic acids is 1. The molecule has 8 heteroatoms. The molecule has 3 rings (SSSR count). The number of rotatable bonds is 5. The minimum atomic E-state index is -0.428. The number of benzene rings is 2. The average Bonchev–Trinajstić information content (AvgIpc) is 2.73. The average molecular weight is 510 g/mol. The number of primary amides is 1. The Labute approximate surface area is 188 Å². The van der Waals surface area contributed by atoms with Crippen molar-refractivity contribution in [2.75, 3.05) is 27.8 Å². The van der Waals surface area contributed by atoms with Gasteiger partial charge in [-0.1, -0.05) is 12.1 Å². The maximum absolute atomic E-state index is 11.4. The van der Waals surface area contributed by atoms with Crippen LogP contribution in [0, 0.1) is 0 Å². The van der Waals surface area contributed by atoms with Crippen LogP contribution in [-0.4, -0.2) is 44.6 Å². The van der Waals surface area contributed by atoms with Gasteiger partial charge in [-0.15, -0.1) is 24.0 Å². The quantitative estimate of drug-likeness (QED) is 0.367. The molecule has 2 aromatic carbocycles. The third-order valence-corrected chi connectivity index (χ3v) is 4.89. The molecular weight excluding hydrogens is 483 g/mol. The molecule has 1 aliphatic heterocycles. The monoisotopic (exact) mass is 510 g/mol. The summed E-state index contributed by atoms with van der Waals surface area (Å²) in [6.45, 7) is 2.14. The molecule has 7 nitrogen and oxygen atoms in total. The predicted octanol–water partition coefficient (Wildman–Crippen LogP) is 2.55. The number of amides is 1. The number of carbonyl (C=O) groups is 1. The number of nitrogens with zero attached hydrogens (tertiary/aromatic N) is 2. The molecule has 1 aliphatic rings. The van der Waals surface area contributed by atoms with Crippen LogP contribution >= 0.6 is 24.0 Å². The highest BCUT2D eigenvalue weighted by atomic mass is 127. The van der Waals surface area contributed by atoms with Gasteiger partial charge in [-0.05, 0) is 47.4 Å². The molecule has 0 aliphatic carbocycles. The van der Waals surface area contributed by atoms with E-state index in [1.54, 1.807) is 33.4 Å². The molecule has 156 valence electrons. The summed E-state index contributed by atoms with van der Waals surface area (Å²) in [7, 11) is 5.07. The maximum Gasteiger partial charge on any atom is 0.248 e. The van der Waals surface area contributed by atoms with Gasteiger partial charge in [-0.25, -0.2) is 0 Å². The summed E-state index contributed by atoms with van der Waals surface area (Å²) in [5.41, 5.74) is 9.30. The van der Waals surface area contributed by atoms with Crippen LogP contribution in [-0.2, 0) is 19.5 Å². The molecule has 1 amide bonds. The van der Waals surface area contributed by atoms with Crippen LogP contribution in [0.1, 0.15) is 27.0 Å². The molecule has 0 aromatic heterocycles. The van der Waals surface area contributed by atoms with Gasteiger partial charge in [-0.2, -0.15) is 0 Å². The van der Waals surface area contributed by atoms with Crippen LogP contribution < -0.4 is 20.5 Å². The summed E-state index contributed by atoms with van der Waals surface area (Å²) in [4.78, 5) is 18.0. The van der Waals surface area contributed by atoms with Gasteiger partial charge in [0, 0.05) is 32.2 Å². The molecule has 0 spiro atoms. The van der Waals surface area contributed by atoms with Crippen LogP contribution in [0.15, 0.2) is 41.4 Å². The molecule has 0 saturated carbocycles. The van der Waals surface area contributed by atoms with Crippen LogP contribution in [0.5, 0.6) is 11.5 Å². The van der Waals surface area contributed by atoms with Crippen LogP contribution in [0.3, 0.4) is 0 Å². The normalized spacial score (nSPS) is 13.2. The second-order valence-corrected chi connectivity index (χ2v) is 6.61. The van der Waals surface area contributed by atoms with E-state index in [1.807, 2.05) is 18.2 Å². The molecule has 2 aromatic rings. The molecule has 0 unspecified atom stereocenters. The third-order valence-electron chi connectivity index (χ3n) is 4.89. The first-order valence-electron chi connectivity index (χ1n) is 9.13. The van der Waals surface area contributed by atoms with Gasteiger partial charge in [0.15, 0.2) is 17.5 Å². The molecule has 1 heterocycles. The number of nitrogens with two attached hydrogens (primary N) is 1. The van der Waals surface area contributed by atoms with Crippen molar-refractivity contribution in [3.05, 3.63) is 58.7 Å². The lowest BCUT2D eigenvalue weighted by Crippen LogP contribution is -2.43. The van der Waals surface area contributed by atoms with Crippen LogP contribution in [0.25, 0.3) is 0 Å². The third kappa shape index (κ3) is 5.31. The number of hydrogen-bond donors (Lipinski definition) is 2. The zero-order valence-corrected chi connectivity index (χ0v) is 19.2. The Morgan fingerprint density at radius 2 is 1.86 bits per heavy atom. The molecule has 0 saturated heterocycles. The highest BCUT2D eigenvalue weighted by Crippen LogP contribution is 2.33. The van der Waals surface area contributed by atoms with Gasteiger partial charge in [-0.3, -0.25) is 9.79 Å². The zero-order chi connectivity index (χ0) is 20.1. The maximum atomic E-state index is 11.4. The van der Waals surface area contributed by atoms with Gasteiger partial charge in [0.25, 0.3) is 0 Å². The van der Waals surface area contributed by atoms with E-state index in [2.05, 4.69) is 21.3 Å². The van der Waals surface area contributed by atoms with E-state index in [0.717, 1.165) is 42.5 Å². The number of guanidine groups is 1. The smallest absolute Gasteiger partial charge is 0.248 e. The summed E-state index contributed by atoms with van der Waals surface area (Å²) in [6.07, 6.45) is 0.896. The van der Waals surface area contributed by atoms with Crippen molar-refractivity contribution in [2.45, 2.75) is 19.5 Å². The van der Waals surface area contributed by atoms with Gasteiger partial charge in [0.1, 0.15) is 0 Å². The Morgan fingerprint density at radius 3 is 2.48 bits per heavy atom. The van der Waals surface area contributed by atoms with Crippen LogP contribution in [0.2, 0.25) is 0 Å². The molecule has 0 radical (unpaired) electrons. The van der Waals surface area contributed by atoms with Crippen molar-refractivity contribution in [3.8, 4) is 11.5 Å². The fourth-order valence-electron chi connectivity index (χ4n) is 3.41. The van der Waals surface area contributed by atoms with Crippen molar-refractivity contribution in [1.82, 2.24) is 10.2 Å². The SMILES string of the molecule is CN=C(NCc1cccc(C(N)=O)c1)N1CCc2cc(OC)c(OC)cc2C1.I. The predicted molar refractivity (Wildman–Crippen MR) is 124 cm³/mol. The van der Waals surface area contributed by atoms with E-state index in [9.17, 15) is 4.79 Å². The van der Waals surface area contributed by atoms with Crippen molar-refractivity contribution in [3.63, 3.8) is 0 Å². The van der Waals surface area contributed by atoms with E-state index in [1.165, 1.54) is 11.1 Å². The van der Waals surface area contributed by atoms with Gasteiger partial charge in [0.2, 0.25) is 5.91 Å². The number of ether oxygens (including phenoxy) is 2. The Bertz CT molecular complexity index is 901. The molecule has 29 heavy (non-hydrogen) atoms. The largest absolute Gasteiger partial charge is 0.493 e. The second-order valence-electron chi connectivity index (χ2n) is 6.61. The summed E-state index contributed by atoms with van der Waals surface area (Å²) < 4.78 is 10.8. The first-order valence-corrected chi connectivity index (χ1v) is 9.13. The summed E-state index contributed by atoms with van der Waals surface area (Å²) in [5, 5.41) is 3.37. The zero-order valence-electron chi connectivity index (χ0n) is 16.9. The van der Waals surface area contributed by atoms with E-state index < -0.39 is 5.91 Å². The van der Waals surface area contributed by atoms with E-state index in [0.29, 0.717) is 12.1 Å². The molecule has 0 bridgehead atoms. The van der Waals surface area contributed by atoms with Gasteiger partial charge < -0.3 is 25.4 Å². The summed E-state index contributed by atoms with van der Waals surface area (Å²) in [5.74, 6) is 1.87. The number of halogens is 1. The highest BCUT2D eigenvalue weighted by Gasteiger charge is 2.21. The van der Waals surface area contributed by atoms with E-state index in [-0.39, 0.29) is 24.0 Å². The van der Waals surface area contributed by atoms with Crippen molar-refractivity contribution in [1.29, 1.82) is 0 Å². The Kier molecular flexibility index (Phi) is 8.12. The second kappa shape index (κ2) is 10.3. The lowest BCUT2D eigenvalue weighted by atomic mass is 9.99. The minimum absolute atomic E-state index is 0. The van der Waals surface area contributed by atoms with Gasteiger partial charge in [0.05, 0.1) is 14.2 Å². The van der Waals surface area contributed by atoms with Crippen molar-refractivity contribution >= 4 is 35.8 Å². The number of aliphatic imine (C=N–C) groups is 1. The molecule has 0 atom stereocenters. The van der Waals surface area contributed by atoms with Crippen molar-refractivity contribution in [2.24, 2.45) is 10.7 Å². The fraction of sp³-hybridized carbons (Fsp3) is 0.333. The number of fused-ring (bicyclic) bond motifs is 1. The number of nitrogens with one attached hydrogen (secondary N) is 1. The minimum Gasteiger partial charge on any atom is -0.493 e. The van der Waals surface area contributed by atoms with E-state index in [4.69, 9.17) is 15.2 Å². The fourth-order valence-corrected chi connectivity index (χ4v) is 3.41.